The Labute approximate surface area is 86.5 Å². The third kappa shape index (κ3) is 1.99. The summed E-state index contributed by atoms with van der Waals surface area (Å²) >= 11 is 0. The van der Waals surface area contributed by atoms with Gasteiger partial charge < -0.3 is 10.2 Å². The number of aryl methyl sites for hydroxylation is 1. The molecule has 1 aromatic rings. The summed E-state index contributed by atoms with van der Waals surface area (Å²) in [5.74, 6) is -1.24. The molecule has 0 aromatic carbocycles. The Morgan fingerprint density at radius 3 is 2.87 bits per heavy atom. The first kappa shape index (κ1) is 10.1. The van der Waals surface area contributed by atoms with Crippen LogP contribution in [0.3, 0.4) is 0 Å². The molecular weight excluding hydrogens is 198 g/mol. The van der Waals surface area contributed by atoms with Crippen molar-refractivity contribution in [3.63, 3.8) is 0 Å². The van der Waals surface area contributed by atoms with E-state index < -0.39 is 17.5 Å². The Hall–Kier alpha value is -1.43. The monoisotopic (exact) mass is 211 g/mol. The van der Waals surface area contributed by atoms with Crippen LogP contribution < -0.4 is 0 Å². The fourth-order valence-corrected chi connectivity index (χ4v) is 1.99. The second kappa shape index (κ2) is 3.30. The summed E-state index contributed by atoms with van der Waals surface area (Å²) < 4.78 is 1.56. The van der Waals surface area contributed by atoms with Crippen LogP contribution >= 0.6 is 0 Å². The zero-order valence-corrected chi connectivity index (χ0v) is 8.42. The quantitative estimate of drug-likeness (QED) is 0.709. The average Bonchev–Trinajstić information content (AvgIpc) is 2.46. The molecule has 0 spiro atoms. The van der Waals surface area contributed by atoms with Crippen molar-refractivity contribution in [1.82, 2.24) is 15.0 Å². The Morgan fingerprint density at radius 2 is 2.40 bits per heavy atom. The largest absolute Gasteiger partial charge is 0.481 e. The molecule has 15 heavy (non-hydrogen) atoms. The Morgan fingerprint density at radius 1 is 1.73 bits per heavy atom. The molecule has 1 aliphatic rings. The maximum atomic E-state index is 10.6. The minimum Gasteiger partial charge on any atom is -0.481 e. The first-order valence-electron chi connectivity index (χ1n) is 4.79. The Kier molecular flexibility index (Phi) is 2.22. The van der Waals surface area contributed by atoms with Gasteiger partial charge in [0, 0.05) is 19.7 Å². The van der Waals surface area contributed by atoms with Gasteiger partial charge in [0.25, 0.3) is 0 Å². The van der Waals surface area contributed by atoms with Crippen LogP contribution in [0.2, 0.25) is 0 Å². The van der Waals surface area contributed by atoms with E-state index in [1.54, 1.807) is 17.9 Å². The molecule has 6 nitrogen and oxygen atoms in total. The lowest BCUT2D eigenvalue weighted by Gasteiger charge is -2.40. The number of carboxylic acid groups (broad SMARTS) is 1. The number of hydrogen-bond donors (Lipinski definition) is 2. The molecule has 1 heterocycles. The lowest BCUT2D eigenvalue weighted by Crippen LogP contribution is -2.48. The standard InChI is InChI=1S/C9H13N3O3/c1-12-5-7(10-11-12)4-9(15)2-6(3-9)8(13)14/h5-6,15H,2-4H2,1H3,(H,13,14). The van der Waals surface area contributed by atoms with Gasteiger partial charge in [0.1, 0.15) is 0 Å². The van der Waals surface area contributed by atoms with E-state index in [9.17, 15) is 9.90 Å². The van der Waals surface area contributed by atoms with E-state index in [1.165, 1.54) is 0 Å². The summed E-state index contributed by atoms with van der Waals surface area (Å²) in [6.45, 7) is 0. The van der Waals surface area contributed by atoms with E-state index >= 15 is 0 Å². The Bertz CT molecular complexity index is 382. The second-order valence-electron chi connectivity index (χ2n) is 4.23. The van der Waals surface area contributed by atoms with Crippen molar-refractivity contribution in [1.29, 1.82) is 0 Å². The first-order valence-corrected chi connectivity index (χ1v) is 4.79. The van der Waals surface area contributed by atoms with Gasteiger partial charge in [0.2, 0.25) is 0 Å². The molecule has 1 aliphatic carbocycles. The highest BCUT2D eigenvalue weighted by molar-refractivity contribution is 5.71. The molecule has 0 unspecified atom stereocenters. The molecule has 0 amide bonds. The summed E-state index contributed by atoms with van der Waals surface area (Å²) in [7, 11) is 1.75. The maximum Gasteiger partial charge on any atom is 0.306 e. The summed E-state index contributed by atoms with van der Waals surface area (Å²) in [4.78, 5) is 10.6. The third-order valence-electron chi connectivity index (χ3n) is 2.76. The number of carboxylic acids is 1. The van der Waals surface area contributed by atoms with Crippen molar-refractivity contribution in [3.05, 3.63) is 11.9 Å². The zero-order chi connectivity index (χ0) is 11.1. The van der Waals surface area contributed by atoms with Crippen molar-refractivity contribution >= 4 is 5.97 Å². The van der Waals surface area contributed by atoms with Gasteiger partial charge in [-0.3, -0.25) is 9.48 Å². The summed E-state index contributed by atoms with van der Waals surface area (Å²) in [6.07, 6.45) is 2.72. The fourth-order valence-electron chi connectivity index (χ4n) is 1.99. The van der Waals surface area contributed by atoms with Gasteiger partial charge in [0.05, 0.1) is 17.2 Å². The normalized spacial score (nSPS) is 29.9. The van der Waals surface area contributed by atoms with E-state index in [4.69, 9.17) is 5.11 Å². The maximum absolute atomic E-state index is 10.6. The minimum atomic E-state index is -0.904. The number of nitrogens with zero attached hydrogens (tertiary/aromatic N) is 3. The van der Waals surface area contributed by atoms with Crippen molar-refractivity contribution < 1.29 is 15.0 Å². The highest BCUT2D eigenvalue weighted by atomic mass is 16.4. The fraction of sp³-hybridized carbons (Fsp3) is 0.667. The van der Waals surface area contributed by atoms with Crippen LogP contribution in [0.5, 0.6) is 0 Å². The van der Waals surface area contributed by atoms with Crippen molar-refractivity contribution in [2.75, 3.05) is 0 Å². The van der Waals surface area contributed by atoms with Gasteiger partial charge in [-0.15, -0.1) is 5.10 Å². The van der Waals surface area contributed by atoms with E-state index in [0.29, 0.717) is 25.0 Å². The number of aliphatic hydroxyl groups is 1. The molecule has 6 heteroatoms. The zero-order valence-electron chi connectivity index (χ0n) is 8.42. The molecule has 0 aliphatic heterocycles. The second-order valence-corrected chi connectivity index (χ2v) is 4.23. The van der Waals surface area contributed by atoms with E-state index in [-0.39, 0.29) is 0 Å². The predicted octanol–water partition coefficient (Wildman–Crippen LogP) is -0.417. The summed E-state index contributed by atoms with van der Waals surface area (Å²) in [5.41, 5.74) is -0.206. The number of aliphatic carboxylic acids is 1. The topological polar surface area (TPSA) is 88.2 Å². The van der Waals surface area contributed by atoms with Crippen LogP contribution in [0, 0.1) is 5.92 Å². The van der Waals surface area contributed by atoms with Crippen LogP contribution in [0.25, 0.3) is 0 Å². The van der Waals surface area contributed by atoms with Crippen LogP contribution in [0.15, 0.2) is 6.20 Å². The number of rotatable bonds is 3. The highest BCUT2D eigenvalue weighted by Crippen LogP contribution is 2.39. The molecular formula is C9H13N3O3. The highest BCUT2D eigenvalue weighted by Gasteiger charge is 2.46. The van der Waals surface area contributed by atoms with Crippen molar-refractivity contribution in [2.45, 2.75) is 24.9 Å². The molecule has 0 bridgehead atoms. The number of hydrogen-bond acceptors (Lipinski definition) is 4. The minimum absolute atomic E-state index is 0.304. The molecule has 2 rings (SSSR count). The smallest absolute Gasteiger partial charge is 0.306 e. The van der Waals surface area contributed by atoms with Gasteiger partial charge >= 0.3 is 5.97 Å². The lowest BCUT2D eigenvalue weighted by molar-refractivity contribution is -0.158. The first-order chi connectivity index (χ1) is 6.98. The molecule has 1 fully saturated rings. The van der Waals surface area contributed by atoms with E-state index in [1.807, 2.05) is 0 Å². The molecule has 0 saturated heterocycles. The molecule has 82 valence electrons. The molecule has 0 radical (unpaired) electrons. The van der Waals surface area contributed by atoms with Gasteiger partial charge in [0.15, 0.2) is 0 Å². The lowest BCUT2D eigenvalue weighted by atomic mass is 9.69. The molecule has 2 N–H and O–H groups in total. The van der Waals surface area contributed by atoms with Crippen LogP contribution in [-0.4, -0.2) is 36.8 Å². The van der Waals surface area contributed by atoms with E-state index in [0.717, 1.165) is 0 Å². The van der Waals surface area contributed by atoms with Gasteiger partial charge in [-0.05, 0) is 12.8 Å². The van der Waals surface area contributed by atoms with Crippen LogP contribution in [0.1, 0.15) is 18.5 Å². The Balaban J connectivity index is 1.94. The predicted molar refractivity (Wildman–Crippen MR) is 50.0 cm³/mol. The number of carbonyl (C=O) groups is 1. The molecule has 1 saturated carbocycles. The van der Waals surface area contributed by atoms with Gasteiger partial charge in [-0.25, -0.2) is 0 Å². The summed E-state index contributed by atoms with van der Waals surface area (Å²) in [6, 6.07) is 0. The van der Waals surface area contributed by atoms with Crippen LogP contribution in [-0.2, 0) is 18.3 Å². The number of aromatic nitrogens is 3. The SMILES string of the molecule is Cn1cc(CC2(O)CC(C(=O)O)C2)nn1. The van der Waals surface area contributed by atoms with Gasteiger partial charge in [-0.2, -0.15) is 0 Å². The van der Waals surface area contributed by atoms with Gasteiger partial charge in [-0.1, -0.05) is 5.21 Å². The van der Waals surface area contributed by atoms with E-state index in [2.05, 4.69) is 10.3 Å². The molecule has 1 aromatic heterocycles. The third-order valence-corrected chi connectivity index (χ3v) is 2.76. The van der Waals surface area contributed by atoms with Crippen molar-refractivity contribution in [2.24, 2.45) is 13.0 Å². The van der Waals surface area contributed by atoms with Crippen molar-refractivity contribution in [3.8, 4) is 0 Å². The summed E-state index contributed by atoms with van der Waals surface area (Å²) in [5, 5.41) is 26.3. The molecule has 0 atom stereocenters. The van der Waals surface area contributed by atoms with Crippen LogP contribution in [0.4, 0.5) is 0 Å². The average molecular weight is 211 g/mol.